The molecule has 1 aromatic heterocycles. The van der Waals surface area contributed by atoms with Crippen LogP contribution in [-0.4, -0.2) is 39.2 Å². The van der Waals surface area contributed by atoms with Crippen LogP contribution >= 0.6 is 11.8 Å². The third kappa shape index (κ3) is 2.37. The Morgan fingerprint density at radius 3 is 2.77 bits per heavy atom. The molecule has 1 fully saturated rings. The minimum Gasteiger partial charge on any atom is -0.343 e. The van der Waals surface area contributed by atoms with E-state index in [1.807, 2.05) is 9.47 Å². The third-order valence-corrected chi connectivity index (χ3v) is 6.09. The van der Waals surface area contributed by atoms with Crippen molar-refractivity contribution in [1.29, 1.82) is 0 Å². The maximum absolute atomic E-state index is 12.8. The van der Waals surface area contributed by atoms with Crippen molar-refractivity contribution in [2.75, 3.05) is 18.8 Å². The number of carbonyl (C=O) groups is 1. The van der Waals surface area contributed by atoms with Crippen LogP contribution in [0.1, 0.15) is 49.4 Å². The van der Waals surface area contributed by atoms with Crippen molar-refractivity contribution in [3.63, 3.8) is 0 Å². The molecule has 0 bridgehead atoms. The summed E-state index contributed by atoms with van der Waals surface area (Å²) in [4.78, 5) is 31.9. The number of aromatic nitrogens is 2. The van der Waals surface area contributed by atoms with E-state index in [2.05, 4.69) is 0 Å². The molecule has 1 aliphatic carbocycles. The summed E-state index contributed by atoms with van der Waals surface area (Å²) in [5.74, 6) is 0.991. The molecule has 4 rings (SSSR count). The average molecular weight is 319 g/mol. The Morgan fingerprint density at radius 2 is 1.95 bits per heavy atom. The summed E-state index contributed by atoms with van der Waals surface area (Å²) in [7, 11) is 0. The van der Waals surface area contributed by atoms with Crippen LogP contribution in [0.2, 0.25) is 0 Å². The highest BCUT2D eigenvalue weighted by Crippen LogP contribution is 2.34. The molecule has 5 nitrogen and oxygen atoms in total. The first kappa shape index (κ1) is 14.3. The van der Waals surface area contributed by atoms with Gasteiger partial charge in [-0.05, 0) is 38.5 Å². The van der Waals surface area contributed by atoms with E-state index in [1.54, 1.807) is 11.8 Å². The lowest BCUT2D eigenvalue weighted by atomic mass is 9.97. The highest BCUT2D eigenvalue weighted by Gasteiger charge is 2.32. The summed E-state index contributed by atoms with van der Waals surface area (Å²) < 4.78 is 1.81. The van der Waals surface area contributed by atoms with Crippen molar-refractivity contribution in [3.05, 3.63) is 21.6 Å². The van der Waals surface area contributed by atoms with E-state index in [1.165, 1.54) is 0 Å². The summed E-state index contributed by atoms with van der Waals surface area (Å²) in [6.45, 7) is 1.76. The lowest BCUT2D eigenvalue weighted by Crippen LogP contribution is -2.34. The molecule has 0 aromatic carbocycles. The number of likely N-dealkylation sites (tertiary alicyclic amines) is 1. The van der Waals surface area contributed by atoms with Gasteiger partial charge in [0.1, 0.15) is 0 Å². The number of hydrogen-bond acceptors (Lipinski definition) is 4. The Kier molecular flexibility index (Phi) is 3.72. The van der Waals surface area contributed by atoms with Crippen LogP contribution < -0.4 is 5.56 Å². The minimum absolute atomic E-state index is 0.0136. The smallest absolute Gasteiger partial charge is 0.257 e. The molecule has 3 aliphatic rings. The summed E-state index contributed by atoms with van der Waals surface area (Å²) in [5.41, 5.74) is 2.02. The molecular formula is C16H21N3O2S. The third-order valence-electron chi connectivity index (χ3n) is 4.99. The molecule has 3 heterocycles. The molecule has 1 aromatic rings. The van der Waals surface area contributed by atoms with Crippen LogP contribution in [0.3, 0.4) is 0 Å². The maximum atomic E-state index is 12.8. The fraction of sp³-hybridized carbons (Fsp3) is 0.688. The first-order valence-electron chi connectivity index (χ1n) is 8.29. The molecule has 1 amide bonds. The van der Waals surface area contributed by atoms with Gasteiger partial charge < -0.3 is 4.90 Å². The number of fused-ring (bicyclic) bond motifs is 2. The van der Waals surface area contributed by atoms with E-state index in [0.717, 1.165) is 73.8 Å². The van der Waals surface area contributed by atoms with Gasteiger partial charge in [-0.1, -0.05) is 11.8 Å². The van der Waals surface area contributed by atoms with Crippen LogP contribution in [0.5, 0.6) is 0 Å². The van der Waals surface area contributed by atoms with Crippen LogP contribution in [-0.2, 0) is 17.6 Å². The number of nitrogens with zero attached hydrogens (tertiary/aromatic N) is 3. The monoisotopic (exact) mass is 319 g/mol. The molecule has 0 spiro atoms. The predicted molar refractivity (Wildman–Crippen MR) is 85.3 cm³/mol. The van der Waals surface area contributed by atoms with Gasteiger partial charge in [-0.3, -0.25) is 14.2 Å². The average Bonchev–Trinajstić information content (AvgIpc) is 3.18. The zero-order valence-electron chi connectivity index (χ0n) is 12.7. The molecule has 1 atom stereocenters. The molecule has 0 saturated carbocycles. The minimum atomic E-state index is -0.0136. The van der Waals surface area contributed by atoms with Crippen molar-refractivity contribution in [2.45, 2.75) is 56.1 Å². The fourth-order valence-electron chi connectivity index (χ4n) is 3.76. The Hall–Kier alpha value is -1.30. The Morgan fingerprint density at radius 1 is 1.18 bits per heavy atom. The number of aryl methyl sites for hydroxylation is 1. The largest absolute Gasteiger partial charge is 0.343 e. The van der Waals surface area contributed by atoms with Crippen LogP contribution in [0.25, 0.3) is 0 Å². The molecule has 0 N–H and O–H groups in total. The molecule has 6 heteroatoms. The standard InChI is InChI=1S/C16H21N3O2S/c20-14(18-7-3-4-8-18)9-11-10-22-16-17-13-6-2-1-5-12(13)15(21)19(11)16/h11H,1-10H2. The van der Waals surface area contributed by atoms with Crippen molar-refractivity contribution in [2.24, 2.45) is 0 Å². The Balaban J connectivity index is 1.61. The number of amides is 1. The Labute approximate surface area is 134 Å². The van der Waals surface area contributed by atoms with Crippen molar-refractivity contribution in [1.82, 2.24) is 14.5 Å². The molecule has 22 heavy (non-hydrogen) atoms. The summed E-state index contributed by atoms with van der Waals surface area (Å²) in [5, 5.41) is 0.824. The normalized spacial score (nSPS) is 23.5. The van der Waals surface area contributed by atoms with E-state index in [4.69, 9.17) is 4.98 Å². The first-order valence-corrected chi connectivity index (χ1v) is 9.27. The van der Waals surface area contributed by atoms with E-state index < -0.39 is 0 Å². The summed E-state index contributed by atoms with van der Waals surface area (Å²) in [6, 6.07) is -0.0136. The molecular weight excluding hydrogens is 298 g/mol. The number of carbonyl (C=O) groups excluding carboxylic acids is 1. The second-order valence-corrected chi connectivity index (χ2v) is 7.45. The van der Waals surface area contributed by atoms with Crippen LogP contribution in [0.4, 0.5) is 0 Å². The van der Waals surface area contributed by atoms with Crippen molar-refractivity contribution < 1.29 is 4.79 Å². The van der Waals surface area contributed by atoms with E-state index in [-0.39, 0.29) is 17.5 Å². The van der Waals surface area contributed by atoms with Crippen LogP contribution in [0.15, 0.2) is 9.95 Å². The Bertz CT molecular complexity index is 664. The lowest BCUT2D eigenvalue weighted by Gasteiger charge is -2.21. The topological polar surface area (TPSA) is 55.2 Å². The van der Waals surface area contributed by atoms with Gasteiger partial charge in [0, 0.05) is 30.8 Å². The molecule has 1 saturated heterocycles. The van der Waals surface area contributed by atoms with Gasteiger partial charge in [0.15, 0.2) is 5.16 Å². The predicted octanol–water partition coefficient (Wildman–Crippen LogP) is 1.78. The highest BCUT2D eigenvalue weighted by atomic mass is 32.2. The van der Waals surface area contributed by atoms with Crippen molar-refractivity contribution in [3.8, 4) is 0 Å². The zero-order valence-corrected chi connectivity index (χ0v) is 13.5. The van der Waals surface area contributed by atoms with Gasteiger partial charge in [0.25, 0.3) is 5.56 Å². The quantitative estimate of drug-likeness (QED) is 0.780. The first-order chi connectivity index (χ1) is 10.7. The van der Waals surface area contributed by atoms with E-state index in [0.29, 0.717) is 6.42 Å². The maximum Gasteiger partial charge on any atom is 0.257 e. The van der Waals surface area contributed by atoms with Crippen molar-refractivity contribution >= 4 is 17.7 Å². The lowest BCUT2D eigenvalue weighted by molar-refractivity contribution is -0.130. The number of thioether (sulfide) groups is 1. The number of rotatable bonds is 2. The second kappa shape index (κ2) is 5.72. The molecule has 118 valence electrons. The molecule has 0 radical (unpaired) electrons. The van der Waals surface area contributed by atoms with E-state index >= 15 is 0 Å². The van der Waals surface area contributed by atoms with Gasteiger partial charge in [-0.25, -0.2) is 4.98 Å². The number of hydrogen-bond donors (Lipinski definition) is 0. The highest BCUT2D eigenvalue weighted by molar-refractivity contribution is 7.99. The van der Waals surface area contributed by atoms with Gasteiger partial charge in [0.05, 0.1) is 11.7 Å². The van der Waals surface area contributed by atoms with E-state index in [9.17, 15) is 9.59 Å². The molecule has 1 unspecified atom stereocenters. The van der Waals surface area contributed by atoms with Gasteiger partial charge >= 0.3 is 0 Å². The fourth-order valence-corrected chi connectivity index (χ4v) is 4.92. The summed E-state index contributed by atoms with van der Waals surface area (Å²) in [6.07, 6.45) is 6.64. The van der Waals surface area contributed by atoms with Gasteiger partial charge in [-0.2, -0.15) is 0 Å². The van der Waals surface area contributed by atoms with Gasteiger partial charge in [-0.15, -0.1) is 0 Å². The van der Waals surface area contributed by atoms with Crippen LogP contribution in [0, 0.1) is 0 Å². The summed E-state index contributed by atoms with van der Waals surface area (Å²) >= 11 is 1.63. The second-order valence-electron chi connectivity index (χ2n) is 6.46. The molecule has 2 aliphatic heterocycles. The van der Waals surface area contributed by atoms with Gasteiger partial charge in [0.2, 0.25) is 5.91 Å². The zero-order chi connectivity index (χ0) is 15.1. The SMILES string of the molecule is O=C(CC1CSc2nc3c(c(=O)n21)CCCC3)N1CCCC1.